The lowest BCUT2D eigenvalue weighted by Gasteiger charge is -1.94. The van der Waals surface area contributed by atoms with E-state index in [1.807, 2.05) is 31.2 Å². The minimum absolute atomic E-state index is 0.983. The van der Waals surface area contributed by atoms with E-state index in [4.69, 9.17) is 0 Å². The maximum atomic E-state index is 4.34. The van der Waals surface area contributed by atoms with Crippen LogP contribution in [0.4, 0.5) is 0 Å². The summed E-state index contributed by atoms with van der Waals surface area (Å²) in [7, 11) is 0. The van der Waals surface area contributed by atoms with Crippen LogP contribution in [-0.2, 0) is 0 Å². The smallest absolute Gasteiger partial charge is 0.0996 e. The van der Waals surface area contributed by atoms with Gasteiger partial charge in [0.15, 0.2) is 0 Å². The summed E-state index contributed by atoms with van der Waals surface area (Å²) in [6.45, 7) is 5.71. The standard InChI is InChI=1S/C14H14N2/c1-3-8-13-12(4-2)14(16-15-13)11-9-6-5-7-10-11/h3-10,15H,1H2,2H3/b12-4+,13-8+. The van der Waals surface area contributed by atoms with E-state index >= 15 is 0 Å². The van der Waals surface area contributed by atoms with Crippen molar-refractivity contribution < 1.29 is 0 Å². The number of benzene rings is 1. The van der Waals surface area contributed by atoms with Crippen molar-refractivity contribution in [3.63, 3.8) is 0 Å². The summed E-state index contributed by atoms with van der Waals surface area (Å²) in [5.41, 5.74) is 2.10. The maximum absolute atomic E-state index is 4.34. The Morgan fingerprint density at radius 2 is 2.00 bits per heavy atom. The molecule has 0 amide bonds. The first-order valence-electron chi connectivity index (χ1n) is 5.25. The summed E-state index contributed by atoms with van der Waals surface area (Å²) >= 11 is 0. The van der Waals surface area contributed by atoms with Crippen molar-refractivity contribution in [3.8, 4) is 11.3 Å². The largest absolute Gasteiger partial charge is 0.277 e. The first-order valence-corrected chi connectivity index (χ1v) is 5.25. The Morgan fingerprint density at radius 3 is 2.62 bits per heavy atom. The molecule has 1 aromatic heterocycles. The first kappa shape index (κ1) is 10.4. The van der Waals surface area contributed by atoms with E-state index in [9.17, 15) is 0 Å². The number of nitrogens with one attached hydrogen (secondary N) is 1. The summed E-state index contributed by atoms with van der Waals surface area (Å²) in [5.74, 6) is 0. The molecule has 0 saturated heterocycles. The van der Waals surface area contributed by atoms with Gasteiger partial charge in [-0.05, 0) is 13.0 Å². The molecule has 0 saturated carbocycles. The Morgan fingerprint density at radius 1 is 1.25 bits per heavy atom. The Hall–Kier alpha value is -2.09. The van der Waals surface area contributed by atoms with Crippen LogP contribution in [-0.4, -0.2) is 10.2 Å². The summed E-state index contributed by atoms with van der Waals surface area (Å²) < 4.78 is 0. The predicted molar refractivity (Wildman–Crippen MR) is 68.1 cm³/mol. The van der Waals surface area contributed by atoms with Crippen molar-refractivity contribution in [2.45, 2.75) is 6.92 Å². The highest BCUT2D eigenvalue weighted by Gasteiger charge is 2.02. The summed E-state index contributed by atoms with van der Waals surface area (Å²) in [4.78, 5) is 0. The van der Waals surface area contributed by atoms with E-state index in [1.54, 1.807) is 6.08 Å². The van der Waals surface area contributed by atoms with Gasteiger partial charge >= 0.3 is 0 Å². The third-order valence-corrected chi connectivity index (χ3v) is 2.45. The minimum Gasteiger partial charge on any atom is -0.277 e. The third kappa shape index (κ3) is 1.82. The van der Waals surface area contributed by atoms with E-state index in [0.717, 1.165) is 21.8 Å². The molecule has 1 heterocycles. The molecule has 2 nitrogen and oxygen atoms in total. The highest BCUT2D eigenvalue weighted by molar-refractivity contribution is 5.61. The molecule has 0 unspecified atom stereocenters. The van der Waals surface area contributed by atoms with Gasteiger partial charge < -0.3 is 0 Å². The summed E-state index contributed by atoms with van der Waals surface area (Å²) in [6, 6.07) is 10.1. The van der Waals surface area contributed by atoms with Crippen LogP contribution >= 0.6 is 0 Å². The van der Waals surface area contributed by atoms with Gasteiger partial charge in [0, 0.05) is 10.8 Å². The van der Waals surface area contributed by atoms with Crippen molar-refractivity contribution in [2.75, 3.05) is 0 Å². The van der Waals surface area contributed by atoms with Crippen LogP contribution in [0.3, 0.4) is 0 Å². The number of hydrogen-bond acceptors (Lipinski definition) is 1. The van der Waals surface area contributed by atoms with Gasteiger partial charge in [-0.1, -0.05) is 49.1 Å². The fraction of sp³-hybridized carbons (Fsp3) is 0.0714. The Bertz CT molecular complexity index is 591. The van der Waals surface area contributed by atoms with Crippen LogP contribution in [0.25, 0.3) is 23.4 Å². The molecule has 0 spiro atoms. The highest BCUT2D eigenvalue weighted by Crippen LogP contribution is 2.09. The Labute approximate surface area is 94.6 Å². The zero-order valence-corrected chi connectivity index (χ0v) is 9.27. The topological polar surface area (TPSA) is 28.7 Å². The molecule has 0 aliphatic heterocycles. The molecule has 2 heteroatoms. The monoisotopic (exact) mass is 210 g/mol. The molecular formula is C14H14N2. The van der Waals surface area contributed by atoms with Crippen LogP contribution in [0.2, 0.25) is 0 Å². The van der Waals surface area contributed by atoms with Crippen molar-refractivity contribution in [2.24, 2.45) is 0 Å². The minimum atomic E-state index is 0.983. The molecule has 0 aliphatic rings. The Kier molecular flexibility index (Phi) is 3.01. The van der Waals surface area contributed by atoms with Gasteiger partial charge in [0.25, 0.3) is 0 Å². The van der Waals surface area contributed by atoms with E-state index in [2.05, 4.69) is 35.0 Å². The Balaban J connectivity index is 2.70. The van der Waals surface area contributed by atoms with Crippen LogP contribution < -0.4 is 10.6 Å². The molecule has 0 bridgehead atoms. The number of aromatic amines is 1. The van der Waals surface area contributed by atoms with E-state index in [1.165, 1.54) is 0 Å². The second-order valence-corrected chi connectivity index (χ2v) is 3.46. The quantitative estimate of drug-likeness (QED) is 0.805. The molecule has 0 aliphatic carbocycles. The van der Waals surface area contributed by atoms with Crippen LogP contribution in [0, 0.1) is 0 Å². The van der Waals surface area contributed by atoms with E-state index < -0.39 is 0 Å². The van der Waals surface area contributed by atoms with E-state index in [-0.39, 0.29) is 0 Å². The lowest BCUT2D eigenvalue weighted by atomic mass is 10.1. The fourth-order valence-electron chi connectivity index (χ4n) is 1.72. The number of nitrogens with zero attached hydrogens (tertiary/aromatic N) is 1. The molecule has 0 atom stereocenters. The third-order valence-electron chi connectivity index (χ3n) is 2.45. The second-order valence-electron chi connectivity index (χ2n) is 3.46. The molecule has 16 heavy (non-hydrogen) atoms. The zero-order valence-electron chi connectivity index (χ0n) is 9.27. The molecule has 2 rings (SSSR count). The predicted octanol–water partition coefficient (Wildman–Crippen LogP) is 1.84. The average molecular weight is 210 g/mol. The lowest BCUT2D eigenvalue weighted by Crippen LogP contribution is -2.22. The number of H-pyrrole nitrogens is 1. The number of aromatic nitrogens is 2. The summed E-state index contributed by atoms with van der Waals surface area (Å²) in [6.07, 6.45) is 5.74. The van der Waals surface area contributed by atoms with Gasteiger partial charge in [-0.2, -0.15) is 5.10 Å². The van der Waals surface area contributed by atoms with Crippen molar-refractivity contribution in [1.29, 1.82) is 0 Å². The molecule has 1 N–H and O–H groups in total. The molecule has 0 radical (unpaired) electrons. The van der Waals surface area contributed by atoms with Crippen LogP contribution in [0.1, 0.15) is 6.92 Å². The molecule has 80 valence electrons. The average Bonchev–Trinajstić information content (AvgIpc) is 2.73. The van der Waals surface area contributed by atoms with Crippen LogP contribution in [0.5, 0.6) is 0 Å². The summed E-state index contributed by atoms with van der Waals surface area (Å²) in [5, 5.41) is 9.47. The molecule has 1 aromatic carbocycles. The maximum Gasteiger partial charge on any atom is 0.0996 e. The number of rotatable bonds is 2. The zero-order chi connectivity index (χ0) is 11.4. The number of allylic oxidation sites excluding steroid dienone is 1. The molecule has 0 fully saturated rings. The molecule has 2 aromatic rings. The van der Waals surface area contributed by atoms with Gasteiger partial charge in [0.1, 0.15) is 0 Å². The fourth-order valence-corrected chi connectivity index (χ4v) is 1.72. The van der Waals surface area contributed by atoms with Gasteiger partial charge in [0.2, 0.25) is 0 Å². The van der Waals surface area contributed by atoms with Gasteiger partial charge in [-0.25, -0.2) is 0 Å². The van der Waals surface area contributed by atoms with Gasteiger partial charge in [0.05, 0.1) is 11.0 Å². The van der Waals surface area contributed by atoms with Crippen LogP contribution in [0.15, 0.2) is 43.0 Å². The van der Waals surface area contributed by atoms with Crippen molar-refractivity contribution in [3.05, 3.63) is 53.6 Å². The van der Waals surface area contributed by atoms with Gasteiger partial charge in [-0.3, -0.25) is 5.10 Å². The normalized spacial score (nSPS) is 13.1. The molecular weight excluding hydrogens is 196 g/mol. The second kappa shape index (κ2) is 4.62. The first-order chi connectivity index (χ1) is 7.86. The number of hydrogen-bond donors (Lipinski definition) is 1. The SMILES string of the molecule is C=C/C=c1/[nH]nc(-c2ccccc2)/c1=C/C. The van der Waals surface area contributed by atoms with Crippen molar-refractivity contribution >= 4 is 12.2 Å². The highest BCUT2D eigenvalue weighted by atomic mass is 15.1. The lowest BCUT2D eigenvalue weighted by molar-refractivity contribution is 1.07. The van der Waals surface area contributed by atoms with Crippen molar-refractivity contribution in [1.82, 2.24) is 10.2 Å². The van der Waals surface area contributed by atoms with E-state index in [0.29, 0.717) is 0 Å². The van der Waals surface area contributed by atoms with Gasteiger partial charge in [-0.15, -0.1) is 0 Å².